The molecule has 0 atom stereocenters. The van der Waals surface area contributed by atoms with Crippen molar-refractivity contribution in [2.75, 3.05) is 13.7 Å². The highest BCUT2D eigenvalue weighted by Crippen LogP contribution is 2.27. The van der Waals surface area contributed by atoms with Gasteiger partial charge in [-0.05, 0) is 48.4 Å². The lowest BCUT2D eigenvalue weighted by molar-refractivity contribution is 0.189. The van der Waals surface area contributed by atoms with Crippen LogP contribution in [-0.4, -0.2) is 23.5 Å². The van der Waals surface area contributed by atoms with Crippen LogP contribution in [0.15, 0.2) is 60.9 Å². The Morgan fingerprint density at radius 1 is 1.04 bits per heavy atom. The Balaban J connectivity index is 1.71. The van der Waals surface area contributed by atoms with Crippen LogP contribution in [0.2, 0.25) is 5.02 Å². The average Bonchev–Trinajstić information content (AvgIpc) is 3.07. The van der Waals surface area contributed by atoms with Crippen LogP contribution in [0.4, 0.5) is 0 Å². The molecule has 5 heteroatoms. The first-order valence-electron chi connectivity index (χ1n) is 7.80. The van der Waals surface area contributed by atoms with Gasteiger partial charge in [-0.25, -0.2) is 0 Å². The fraction of sp³-hybridized carbons (Fsp3) is 0.211. The number of ether oxygens (including phenoxy) is 2. The standard InChI is InChI=1S/C19H19ClN2O2/c1-23-11-3-10-22-14-16(13-21-22)15-4-2-5-19(12-15)24-18-8-6-17(20)7-9-18/h2,4-9,12-14H,3,10-11H2,1H3. The van der Waals surface area contributed by atoms with E-state index in [9.17, 15) is 0 Å². The Morgan fingerprint density at radius 3 is 2.67 bits per heavy atom. The van der Waals surface area contributed by atoms with Gasteiger partial charge < -0.3 is 9.47 Å². The Labute approximate surface area is 146 Å². The number of halogens is 1. The van der Waals surface area contributed by atoms with Crippen LogP contribution in [0.5, 0.6) is 11.5 Å². The maximum absolute atomic E-state index is 5.89. The second kappa shape index (κ2) is 7.99. The van der Waals surface area contributed by atoms with Gasteiger partial charge in [0, 0.05) is 37.0 Å². The van der Waals surface area contributed by atoms with Crippen molar-refractivity contribution in [1.29, 1.82) is 0 Å². The molecule has 0 unspecified atom stereocenters. The maximum atomic E-state index is 5.89. The summed E-state index contributed by atoms with van der Waals surface area (Å²) in [6, 6.07) is 15.3. The molecule has 0 amide bonds. The molecule has 0 saturated heterocycles. The largest absolute Gasteiger partial charge is 0.457 e. The molecule has 0 spiro atoms. The molecule has 1 aromatic heterocycles. The summed E-state index contributed by atoms with van der Waals surface area (Å²) < 4.78 is 12.9. The van der Waals surface area contributed by atoms with Crippen molar-refractivity contribution in [3.8, 4) is 22.6 Å². The van der Waals surface area contributed by atoms with E-state index in [0.29, 0.717) is 5.02 Å². The number of hydrogen-bond donors (Lipinski definition) is 0. The van der Waals surface area contributed by atoms with Crippen LogP contribution in [0, 0.1) is 0 Å². The zero-order valence-corrected chi connectivity index (χ0v) is 14.2. The minimum Gasteiger partial charge on any atom is -0.457 e. The molecule has 0 radical (unpaired) electrons. The van der Waals surface area contributed by atoms with Gasteiger partial charge in [-0.3, -0.25) is 4.68 Å². The first kappa shape index (κ1) is 16.6. The lowest BCUT2D eigenvalue weighted by Gasteiger charge is -2.07. The summed E-state index contributed by atoms with van der Waals surface area (Å²) in [4.78, 5) is 0. The normalized spacial score (nSPS) is 10.8. The van der Waals surface area contributed by atoms with Crippen LogP contribution in [0.3, 0.4) is 0 Å². The van der Waals surface area contributed by atoms with E-state index in [4.69, 9.17) is 21.1 Å². The van der Waals surface area contributed by atoms with Crippen molar-refractivity contribution in [2.24, 2.45) is 0 Å². The lowest BCUT2D eigenvalue weighted by Crippen LogP contribution is -2.01. The SMILES string of the molecule is COCCCn1cc(-c2cccc(Oc3ccc(Cl)cc3)c2)cn1. The molecule has 0 N–H and O–H groups in total. The van der Waals surface area contributed by atoms with Crippen molar-refractivity contribution in [2.45, 2.75) is 13.0 Å². The van der Waals surface area contributed by atoms with Crippen LogP contribution >= 0.6 is 11.6 Å². The highest BCUT2D eigenvalue weighted by Gasteiger charge is 2.04. The van der Waals surface area contributed by atoms with Crippen LogP contribution in [0.1, 0.15) is 6.42 Å². The second-order valence-corrected chi connectivity index (χ2v) is 5.86. The van der Waals surface area contributed by atoms with Crippen LogP contribution in [0.25, 0.3) is 11.1 Å². The third kappa shape index (κ3) is 4.37. The molecule has 0 saturated carbocycles. The van der Waals surface area contributed by atoms with Gasteiger partial charge in [-0.15, -0.1) is 0 Å². The van der Waals surface area contributed by atoms with E-state index in [1.54, 1.807) is 7.11 Å². The van der Waals surface area contributed by atoms with Gasteiger partial charge in [0.2, 0.25) is 0 Å². The molecule has 2 aromatic carbocycles. The molecule has 24 heavy (non-hydrogen) atoms. The third-order valence-electron chi connectivity index (χ3n) is 3.59. The predicted molar refractivity (Wildman–Crippen MR) is 95.7 cm³/mol. The van der Waals surface area contributed by atoms with Gasteiger partial charge in [0.1, 0.15) is 11.5 Å². The zero-order chi connectivity index (χ0) is 16.8. The minimum absolute atomic E-state index is 0.692. The molecule has 1 heterocycles. The molecule has 0 aliphatic carbocycles. The lowest BCUT2D eigenvalue weighted by atomic mass is 10.1. The highest BCUT2D eigenvalue weighted by molar-refractivity contribution is 6.30. The van der Waals surface area contributed by atoms with Crippen molar-refractivity contribution in [3.63, 3.8) is 0 Å². The monoisotopic (exact) mass is 342 g/mol. The summed E-state index contributed by atoms with van der Waals surface area (Å²) in [5, 5.41) is 5.09. The fourth-order valence-electron chi connectivity index (χ4n) is 2.38. The fourth-order valence-corrected chi connectivity index (χ4v) is 2.51. The molecule has 0 aliphatic heterocycles. The Hall–Kier alpha value is -2.30. The van der Waals surface area contributed by atoms with E-state index in [1.807, 2.05) is 65.6 Å². The van der Waals surface area contributed by atoms with E-state index in [2.05, 4.69) is 5.10 Å². The first-order chi connectivity index (χ1) is 11.7. The number of aromatic nitrogens is 2. The smallest absolute Gasteiger partial charge is 0.128 e. The summed E-state index contributed by atoms with van der Waals surface area (Å²) >= 11 is 5.89. The third-order valence-corrected chi connectivity index (χ3v) is 3.84. The number of nitrogens with zero attached hydrogens (tertiary/aromatic N) is 2. The van der Waals surface area contributed by atoms with Gasteiger partial charge in [0.05, 0.1) is 6.20 Å². The summed E-state index contributed by atoms with van der Waals surface area (Å²) in [6.07, 6.45) is 4.85. The maximum Gasteiger partial charge on any atom is 0.128 e. The van der Waals surface area contributed by atoms with Gasteiger partial charge in [-0.2, -0.15) is 5.10 Å². The molecule has 124 valence electrons. The van der Waals surface area contributed by atoms with Crippen molar-refractivity contribution < 1.29 is 9.47 Å². The van der Waals surface area contributed by atoms with Crippen molar-refractivity contribution in [3.05, 3.63) is 65.9 Å². The quantitative estimate of drug-likeness (QED) is 0.565. The van der Waals surface area contributed by atoms with E-state index in [-0.39, 0.29) is 0 Å². The molecule has 0 fully saturated rings. The molecule has 3 aromatic rings. The molecule has 4 nitrogen and oxygen atoms in total. The summed E-state index contributed by atoms with van der Waals surface area (Å²) in [5.41, 5.74) is 2.13. The van der Waals surface area contributed by atoms with E-state index >= 15 is 0 Å². The number of aryl methyl sites for hydroxylation is 1. The molecule has 0 bridgehead atoms. The predicted octanol–water partition coefficient (Wildman–Crippen LogP) is 5.03. The molecular formula is C19H19ClN2O2. The number of benzene rings is 2. The Bertz CT molecular complexity index is 784. The number of methoxy groups -OCH3 is 1. The van der Waals surface area contributed by atoms with Crippen molar-refractivity contribution >= 4 is 11.6 Å². The number of rotatable bonds is 7. The van der Waals surface area contributed by atoms with E-state index in [1.165, 1.54) is 0 Å². The molecule has 3 rings (SSSR count). The van der Waals surface area contributed by atoms with Gasteiger partial charge in [-0.1, -0.05) is 23.7 Å². The minimum atomic E-state index is 0.692. The second-order valence-electron chi connectivity index (χ2n) is 5.42. The highest BCUT2D eigenvalue weighted by atomic mass is 35.5. The molecular weight excluding hydrogens is 324 g/mol. The zero-order valence-electron chi connectivity index (χ0n) is 13.5. The van der Waals surface area contributed by atoms with E-state index < -0.39 is 0 Å². The van der Waals surface area contributed by atoms with Crippen LogP contribution in [-0.2, 0) is 11.3 Å². The Morgan fingerprint density at radius 2 is 1.88 bits per heavy atom. The van der Waals surface area contributed by atoms with E-state index in [0.717, 1.165) is 42.2 Å². The van der Waals surface area contributed by atoms with Gasteiger partial charge in [0.25, 0.3) is 0 Å². The van der Waals surface area contributed by atoms with Crippen LogP contribution < -0.4 is 4.74 Å². The average molecular weight is 343 g/mol. The topological polar surface area (TPSA) is 36.3 Å². The first-order valence-corrected chi connectivity index (χ1v) is 8.17. The summed E-state index contributed by atoms with van der Waals surface area (Å²) in [6.45, 7) is 1.58. The number of hydrogen-bond acceptors (Lipinski definition) is 3. The molecule has 0 aliphatic rings. The summed E-state index contributed by atoms with van der Waals surface area (Å²) in [5.74, 6) is 1.54. The van der Waals surface area contributed by atoms with Gasteiger partial charge in [0.15, 0.2) is 0 Å². The summed E-state index contributed by atoms with van der Waals surface area (Å²) in [7, 11) is 1.71. The van der Waals surface area contributed by atoms with Crippen molar-refractivity contribution in [1.82, 2.24) is 9.78 Å². The Kier molecular flexibility index (Phi) is 5.51. The van der Waals surface area contributed by atoms with Gasteiger partial charge >= 0.3 is 0 Å².